The maximum atomic E-state index is 12.0. The fourth-order valence-electron chi connectivity index (χ4n) is 2.15. The normalized spacial score (nSPS) is 27.9. The lowest BCUT2D eigenvalue weighted by Gasteiger charge is -2.35. The highest BCUT2D eigenvalue weighted by Crippen LogP contribution is 2.25. The van der Waals surface area contributed by atoms with Crippen molar-refractivity contribution in [1.82, 2.24) is 4.90 Å². The Hall–Kier alpha value is -0.740. The van der Waals surface area contributed by atoms with Gasteiger partial charge in [0.2, 0.25) is 5.91 Å². The summed E-state index contributed by atoms with van der Waals surface area (Å²) < 4.78 is 36.0. The quantitative estimate of drug-likeness (QED) is 0.668. The summed E-state index contributed by atoms with van der Waals surface area (Å²) in [6.07, 6.45) is -4.73. The van der Waals surface area contributed by atoms with E-state index in [2.05, 4.69) is 0 Å². The van der Waals surface area contributed by atoms with Gasteiger partial charge in [-0.25, -0.2) is 0 Å². The lowest BCUT2D eigenvalue weighted by atomic mass is 9.92. The molecule has 0 aromatic rings. The molecule has 1 aliphatic heterocycles. The fraction of sp³-hybridized carbons (Fsp3) is 0.900. The standard InChI is InChI=1S/C10H16F3NO/c1-7-3-8(2)6-14(5-7)9(15)4-10(11,12)13/h7-8H,3-6H2,1-2H3. The van der Waals surface area contributed by atoms with Crippen molar-refractivity contribution in [2.24, 2.45) is 11.8 Å². The van der Waals surface area contributed by atoms with Gasteiger partial charge in [-0.2, -0.15) is 13.2 Å². The number of carbonyl (C=O) groups is 1. The Labute approximate surface area is 87.4 Å². The van der Waals surface area contributed by atoms with Crippen molar-refractivity contribution in [2.45, 2.75) is 32.9 Å². The lowest BCUT2D eigenvalue weighted by molar-refractivity contribution is -0.163. The summed E-state index contributed by atoms with van der Waals surface area (Å²) in [6.45, 7) is 4.84. The number of hydrogen-bond acceptors (Lipinski definition) is 1. The molecule has 15 heavy (non-hydrogen) atoms. The molecule has 0 bridgehead atoms. The molecule has 1 fully saturated rings. The van der Waals surface area contributed by atoms with Crippen molar-refractivity contribution in [3.63, 3.8) is 0 Å². The Bertz CT molecular complexity index is 229. The largest absolute Gasteiger partial charge is 0.397 e. The molecule has 1 aliphatic rings. The topological polar surface area (TPSA) is 20.3 Å². The average Bonchev–Trinajstić information content (AvgIpc) is 1.98. The van der Waals surface area contributed by atoms with E-state index in [1.165, 1.54) is 4.90 Å². The Morgan fingerprint density at radius 1 is 1.27 bits per heavy atom. The summed E-state index contributed by atoms with van der Waals surface area (Å²) in [5, 5.41) is 0. The minimum atomic E-state index is -4.39. The molecule has 1 heterocycles. The van der Waals surface area contributed by atoms with E-state index in [-0.39, 0.29) is 0 Å². The van der Waals surface area contributed by atoms with Gasteiger partial charge in [0.1, 0.15) is 6.42 Å². The molecule has 2 nitrogen and oxygen atoms in total. The van der Waals surface area contributed by atoms with Crippen molar-refractivity contribution in [1.29, 1.82) is 0 Å². The fourth-order valence-corrected chi connectivity index (χ4v) is 2.15. The van der Waals surface area contributed by atoms with Crippen LogP contribution in [0.3, 0.4) is 0 Å². The second kappa shape index (κ2) is 4.41. The van der Waals surface area contributed by atoms with Gasteiger partial charge < -0.3 is 4.90 Å². The summed E-state index contributed by atoms with van der Waals surface area (Å²) in [5.41, 5.74) is 0. The SMILES string of the molecule is CC1CC(C)CN(C(=O)CC(F)(F)F)C1. The van der Waals surface area contributed by atoms with E-state index in [1.54, 1.807) is 0 Å². The molecule has 0 aromatic heterocycles. The zero-order valence-corrected chi connectivity index (χ0v) is 8.97. The molecule has 0 radical (unpaired) electrons. The van der Waals surface area contributed by atoms with Gasteiger partial charge in [0.05, 0.1) is 0 Å². The van der Waals surface area contributed by atoms with Crippen LogP contribution in [-0.4, -0.2) is 30.1 Å². The third-order valence-corrected chi connectivity index (χ3v) is 2.57. The van der Waals surface area contributed by atoms with E-state index in [4.69, 9.17) is 0 Å². The van der Waals surface area contributed by atoms with Crippen LogP contribution in [0.2, 0.25) is 0 Å². The Kier molecular flexibility index (Phi) is 3.62. The monoisotopic (exact) mass is 223 g/mol. The number of amides is 1. The van der Waals surface area contributed by atoms with E-state index in [9.17, 15) is 18.0 Å². The van der Waals surface area contributed by atoms with Crippen LogP contribution >= 0.6 is 0 Å². The molecule has 1 rings (SSSR count). The molecule has 0 saturated carbocycles. The summed E-state index contributed by atoms with van der Waals surface area (Å²) in [5.74, 6) is -0.197. The first-order chi connectivity index (χ1) is 6.78. The van der Waals surface area contributed by atoms with Crippen LogP contribution in [0.15, 0.2) is 0 Å². The summed E-state index contributed by atoms with van der Waals surface area (Å²) in [7, 11) is 0. The molecule has 0 aliphatic carbocycles. The second-order valence-corrected chi connectivity index (χ2v) is 4.54. The number of nitrogens with zero attached hydrogens (tertiary/aromatic N) is 1. The Morgan fingerprint density at radius 2 is 1.73 bits per heavy atom. The van der Waals surface area contributed by atoms with Gasteiger partial charge in [0.15, 0.2) is 0 Å². The van der Waals surface area contributed by atoms with Gasteiger partial charge in [-0.3, -0.25) is 4.79 Å². The predicted molar refractivity (Wildman–Crippen MR) is 50.2 cm³/mol. The van der Waals surface area contributed by atoms with Crippen LogP contribution in [0.25, 0.3) is 0 Å². The molecular weight excluding hydrogens is 207 g/mol. The van der Waals surface area contributed by atoms with Crippen molar-refractivity contribution < 1.29 is 18.0 Å². The van der Waals surface area contributed by atoms with Crippen LogP contribution in [-0.2, 0) is 4.79 Å². The summed E-state index contributed by atoms with van der Waals surface area (Å²) >= 11 is 0. The molecule has 2 atom stereocenters. The molecule has 1 saturated heterocycles. The van der Waals surface area contributed by atoms with Gasteiger partial charge in [0, 0.05) is 13.1 Å². The smallest absolute Gasteiger partial charge is 0.342 e. The van der Waals surface area contributed by atoms with Gasteiger partial charge in [-0.1, -0.05) is 13.8 Å². The number of likely N-dealkylation sites (tertiary alicyclic amines) is 1. The van der Waals surface area contributed by atoms with Gasteiger partial charge >= 0.3 is 6.18 Å². The highest BCUT2D eigenvalue weighted by atomic mass is 19.4. The Morgan fingerprint density at radius 3 is 2.13 bits per heavy atom. The molecular formula is C10H16F3NO. The minimum Gasteiger partial charge on any atom is -0.342 e. The van der Waals surface area contributed by atoms with Crippen molar-refractivity contribution >= 4 is 5.91 Å². The highest BCUT2D eigenvalue weighted by molar-refractivity contribution is 5.77. The van der Waals surface area contributed by atoms with Crippen molar-refractivity contribution in [2.75, 3.05) is 13.1 Å². The maximum absolute atomic E-state index is 12.0. The highest BCUT2D eigenvalue weighted by Gasteiger charge is 2.35. The number of piperidine rings is 1. The number of hydrogen-bond donors (Lipinski definition) is 0. The summed E-state index contributed by atoms with van der Waals surface area (Å²) in [6, 6.07) is 0. The molecule has 88 valence electrons. The zero-order chi connectivity index (χ0) is 11.6. The van der Waals surface area contributed by atoms with Crippen molar-refractivity contribution in [3.05, 3.63) is 0 Å². The molecule has 0 spiro atoms. The Balaban J connectivity index is 2.52. The number of halogens is 3. The van der Waals surface area contributed by atoms with E-state index in [1.807, 2.05) is 13.8 Å². The second-order valence-electron chi connectivity index (χ2n) is 4.54. The molecule has 2 unspecified atom stereocenters. The van der Waals surface area contributed by atoms with E-state index >= 15 is 0 Å². The summed E-state index contributed by atoms with van der Waals surface area (Å²) in [4.78, 5) is 12.7. The maximum Gasteiger partial charge on any atom is 0.397 e. The van der Waals surface area contributed by atoms with Crippen LogP contribution < -0.4 is 0 Å². The molecule has 0 N–H and O–H groups in total. The van der Waals surface area contributed by atoms with Gasteiger partial charge in [-0.15, -0.1) is 0 Å². The first-order valence-electron chi connectivity index (χ1n) is 5.12. The van der Waals surface area contributed by atoms with Crippen LogP contribution in [0.4, 0.5) is 13.2 Å². The van der Waals surface area contributed by atoms with E-state index in [0.717, 1.165) is 6.42 Å². The molecule has 5 heteroatoms. The first kappa shape index (κ1) is 12.3. The van der Waals surface area contributed by atoms with Gasteiger partial charge in [-0.05, 0) is 18.3 Å². The van der Waals surface area contributed by atoms with Crippen LogP contribution in [0, 0.1) is 11.8 Å². The number of rotatable bonds is 1. The molecule has 0 aromatic carbocycles. The number of alkyl halides is 3. The molecule has 1 amide bonds. The van der Waals surface area contributed by atoms with Gasteiger partial charge in [0.25, 0.3) is 0 Å². The zero-order valence-electron chi connectivity index (χ0n) is 8.97. The average molecular weight is 223 g/mol. The van der Waals surface area contributed by atoms with Crippen molar-refractivity contribution in [3.8, 4) is 0 Å². The lowest BCUT2D eigenvalue weighted by Crippen LogP contribution is -2.43. The van der Waals surface area contributed by atoms with E-state index in [0.29, 0.717) is 24.9 Å². The third kappa shape index (κ3) is 4.10. The number of carbonyl (C=O) groups excluding carboxylic acids is 1. The van der Waals surface area contributed by atoms with Crippen LogP contribution in [0.1, 0.15) is 26.7 Å². The first-order valence-corrected chi connectivity index (χ1v) is 5.12. The van der Waals surface area contributed by atoms with Crippen LogP contribution in [0.5, 0.6) is 0 Å². The van der Waals surface area contributed by atoms with E-state index < -0.39 is 18.5 Å². The minimum absolute atomic E-state index is 0.297. The predicted octanol–water partition coefficient (Wildman–Crippen LogP) is 2.44. The third-order valence-electron chi connectivity index (χ3n) is 2.57.